The van der Waals surface area contributed by atoms with Gasteiger partial charge in [0.15, 0.2) is 11.4 Å². The Morgan fingerprint density at radius 2 is 2.13 bits per heavy atom. The molecular weight excluding hydrogens is 441 g/mol. The highest BCUT2D eigenvalue weighted by atomic mass is 35.5. The maximum Gasteiger partial charge on any atom is 0.274 e. The van der Waals surface area contributed by atoms with Gasteiger partial charge < -0.3 is 14.6 Å². The smallest absolute Gasteiger partial charge is 0.274 e. The number of hydrogen-bond donors (Lipinski definition) is 1. The molecule has 5 rings (SSSR count). The number of hydrogen-bond acceptors (Lipinski definition) is 5. The maximum atomic E-state index is 14.2. The van der Waals surface area contributed by atoms with Gasteiger partial charge in [0.1, 0.15) is 10.8 Å². The topological polar surface area (TPSA) is 75.4 Å². The number of halogens is 2. The quantitative estimate of drug-likeness (QED) is 0.640. The van der Waals surface area contributed by atoms with Crippen LogP contribution in [0.15, 0.2) is 35.4 Å². The fraction of sp³-hybridized carbons (Fsp3) is 0.318. The number of thiazole rings is 1. The van der Waals surface area contributed by atoms with E-state index in [2.05, 4.69) is 4.98 Å². The Labute approximate surface area is 186 Å². The molecule has 1 fully saturated rings. The molecule has 0 spiro atoms. The Balaban J connectivity index is 1.51. The van der Waals surface area contributed by atoms with Gasteiger partial charge in [-0.1, -0.05) is 23.7 Å². The minimum atomic E-state index is -0.620. The highest BCUT2D eigenvalue weighted by Crippen LogP contribution is 2.32. The van der Waals surface area contributed by atoms with Crippen molar-refractivity contribution in [3.05, 3.63) is 67.8 Å². The summed E-state index contributed by atoms with van der Waals surface area (Å²) in [6, 6.07) is 4.90. The average molecular weight is 460 g/mol. The fourth-order valence-corrected chi connectivity index (χ4v) is 5.51. The molecule has 31 heavy (non-hydrogen) atoms. The lowest BCUT2D eigenvalue weighted by Crippen LogP contribution is -2.51. The number of nitrogens with zero attached hydrogens (tertiary/aromatic N) is 3. The monoisotopic (exact) mass is 459 g/mol. The Morgan fingerprint density at radius 1 is 1.29 bits per heavy atom. The van der Waals surface area contributed by atoms with Crippen molar-refractivity contribution in [3.63, 3.8) is 0 Å². The standard InChI is InChI=1S/C22H19ClFN3O3S/c23-16-6-3-4-12(17(16)24)8-14-9-25-21(31-14)15-11-26-10-13-5-1-2-7-27(13)22(30)18(26)20(29)19(15)28/h3-4,6,9,11,13,29H,1-2,5,7-8,10H2/t13-/m1/s1. The summed E-state index contributed by atoms with van der Waals surface area (Å²) in [5.41, 5.74) is 0.103. The van der Waals surface area contributed by atoms with E-state index in [0.717, 1.165) is 24.1 Å². The van der Waals surface area contributed by atoms with E-state index in [9.17, 15) is 19.1 Å². The second kappa shape index (κ2) is 7.76. The molecule has 4 heterocycles. The lowest BCUT2D eigenvalue weighted by molar-refractivity contribution is 0.0506. The molecule has 1 aromatic carbocycles. The number of carbonyl (C=O) groups excluding carboxylic acids is 1. The molecule has 1 amide bonds. The third kappa shape index (κ3) is 3.43. The number of aromatic nitrogens is 2. The van der Waals surface area contributed by atoms with E-state index >= 15 is 0 Å². The molecule has 0 saturated carbocycles. The van der Waals surface area contributed by atoms with Crippen LogP contribution in [0.25, 0.3) is 10.6 Å². The molecule has 0 radical (unpaired) electrons. The van der Waals surface area contributed by atoms with Crippen LogP contribution in [0.1, 0.15) is 40.2 Å². The van der Waals surface area contributed by atoms with Crippen molar-refractivity contribution >= 4 is 28.8 Å². The molecule has 3 aromatic rings. The van der Waals surface area contributed by atoms with Crippen molar-refractivity contribution in [1.29, 1.82) is 0 Å². The summed E-state index contributed by atoms with van der Waals surface area (Å²) in [6.07, 6.45) is 6.38. The lowest BCUT2D eigenvalue weighted by Gasteiger charge is -2.40. The van der Waals surface area contributed by atoms with Crippen molar-refractivity contribution in [2.75, 3.05) is 6.54 Å². The number of piperidine rings is 1. The predicted octanol–water partition coefficient (Wildman–Crippen LogP) is 4.07. The highest BCUT2D eigenvalue weighted by Gasteiger charge is 2.37. The number of amides is 1. The Kier molecular flexibility index (Phi) is 5.06. The van der Waals surface area contributed by atoms with E-state index in [1.165, 1.54) is 17.4 Å². The Morgan fingerprint density at radius 3 is 2.97 bits per heavy atom. The van der Waals surface area contributed by atoms with Crippen LogP contribution >= 0.6 is 22.9 Å². The van der Waals surface area contributed by atoms with E-state index in [4.69, 9.17) is 11.6 Å². The molecule has 0 unspecified atom stereocenters. The first-order valence-electron chi connectivity index (χ1n) is 10.1. The molecule has 2 aromatic heterocycles. The second-order valence-electron chi connectivity index (χ2n) is 7.89. The maximum absolute atomic E-state index is 14.2. The molecule has 0 bridgehead atoms. The van der Waals surface area contributed by atoms with Gasteiger partial charge >= 0.3 is 0 Å². The van der Waals surface area contributed by atoms with Gasteiger partial charge in [-0.3, -0.25) is 9.59 Å². The number of pyridine rings is 1. The Hall–Kier alpha value is -2.71. The predicted molar refractivity (Wildman–Crippen MR) is 116 cm³/mol. The first-order chi connectivity index (χ1) is 14.9. The molecule has 160 valence electrons. The highest BCUT2D eigenvalue weighted by molar-refractivity contribution is 7.15. The van der Waals surface area contributed by atoms with Crippen LogP contribution in [0.4, 0.5) is 4.39 Å². The van der Waals surface area contributed by atoms with Crippen molar-refractivity contribution < 1.29 is 14.3 Å². The average Bonchev–Trinajstić information content (AvgIpc) is 3.22. The zero-order valence-electron chi connectivity index (χ0n) is 16.5. The summed E-state index contributed by atoms with van der Waals surface area (Å²) >= 11 is 7.11. The molecule has 0 aliphatic carbocycles. The van der Waals surface area contributed by atoms with Crippen LogP contribution in [0.3, 0.4) is 0 Å². The van der Waals surface area contributed by atoms with Gasteiger partial charge in [0, 0.05) is 42.8 Å². The summed E-state index contributed by atoms with van der Waals surface area (Å²) in [7, 11) is 0. The van der Waals surface area contributed by atoms with Gasteiger partial charge in [-0.05, 0) is 30.9 Å². The zero-order chi connectivity index (χ0) is 21.7. The van der Waals surface area contributed by atoms with Gasteiger partial charge in [-0.2, -0.15) is 0 Å². The minimum absolute atomic E-state index is 0.0460. The number of aromatic hydroxyl groups is 1. The number of benzene rings is 1. The first-order valence-corrected chi connectivity index (χ1v) is 11.3. The van der Waals surface area contributed by atoms with Crippen molar-refractivity contribution in [2.45, 2.75) is 38.3 Å². The summed E-state index contributed by atoms with van der Waals surface area (Å²) < 4.78 is 15.9. The summed E-state index contributed by atoms with van der Waals surface area (Å²) in [5.74, 6) is -1.31. The first kappa shape index (κ1) is 20.2. The molecule has 1 saturated heterocycles. The van der Waals surface area contributed by atoms with Crippen LogP contribution in [-0.4, -0.2) is 38.1 Å². The van der Waals surface area contributed by atoms with Gasteiger partial charge in [0.05, 0.1) is 10.6 Å². The third-order valence-electron chi connectivity index (χ3n) is 5.93. The van der Waals surface area contributed by atoms with E-state index in [-0.39, 0.29) is 34.6 Å². The second-order valence-corrected chi connectivity index (χ2v) is 9.41. The van der Waals surface area contributed by atoms with E-state index in [1.54, 1.807) is 34.0 Å². The lowest BCUT2D eigenvalue weighted by atomic mass is 9.98. The van der Waals surface area contributed by atoms with Crippen LogP contribution in [-0.2, 0) is 13.0 Å². The van der Waals surface area contributed by atoms with Crippen molar-refractivity contribution in [3.8, 4) is 16.3 Å². The number of fused-ring (bicyclic) bond motifs is 2. The van der Waals surface area contributed by atoms with Crippen LogP contribution < -0.4 is 5.43 Å². The Bertz CT molecular complexity index is 1260. The van der Waals surface area contributed by atoms with Crippen molar-refractivity contribution in [1.82, 2.24) is 14.5 Å². The van der Waals surface area contributed by atoms with E-state index in [1.807, 2.05) is 0 Å². The largest absolute Gasteiger partial charge is 0.503 e. The van der Waals surface area contributed by atoms with Gasteiger partial charge in [-0.25, -0.2) is 9.37 Å². The molecule has 1 N–H and O–H groups in total. The third-order valence-corrected chi connectivity index (χ3v) is 7.26. The van der Waals surface area contributed by atoms with Crippen LogP contribution in [0, 0.1) is 5.82 Å². The fourth-order valence-electron chi connectivity index (χ4n) is 4.38. The van der Waals surface area contributed by atoms with Gasteiger partial charge in [-0.15, -0.1) is 11.3 Å². The summed E-state index contributed by atoms with van der Waals surface area (Å²) in [5, 5.41) is 11.1. The molecule has 9 heteroatoms. The summed E-state index contributed by atoms with van der Waals surface area (Å²) in [4.78, 5) is 32.6. The normalized spacial score (nSPS) is 18.1. The molecule has 1 atom stereocenters. The van der Waals surface area contributed by atoms with Gasteiger partial charge in [0.2, 0.25) is 5.43 Å². The van der Waals surface area contributed by atoms with E-state index in [0.29, 0.717) is 23.7 Å². The number of rotatable bonds is 3. The zero-order valence-corrected chi connectivity index (χ0v) is 18.0. The van der Waals surface area contributed by atoms with Crippen LogP contribution in [0.5, 0.6) is 5.75 Å². The molecule has 2 aliphatic heterocycles. The van der Waals surface area contributed by atoms with E-state index < -0.39 is 17.0 Å². The number of carbonyl (C=O) groups is 1. The molecular formula is C22H19ClFN3O3S. The summed E-state index contributed by atoms with van der Waals surface area (Å²) in [6.45, 7) is 1.18. The molecule has 2 aliphatic rings. The minimum Gasteiger partial charge on any atom is -0.503 e. The SMILES string of the molecule is O=C1c2c(O)c(=O)c(-c3ncc(Cc4cccc(Cl)c4F)s3)cn2C[C@H]2CCCCN12. The molecule has 6 nitrogen and oxygen atoms in total. The van der Waals surface area contributed by atoms with Crippen LogP contribution in [0.2, 0.25) is 5.02 Å². The van der Waals surface area contributed by atoms with Crippen molar-refractivity contribution in [2.24, 2.45) is 0 Å². The van der Waals surface area contributed by atoms with Gasteiger partial charge in [0.25, 0.3) is 5.91 Å².